The van der Waals surface area contributed by atoms with Gasteiger partial charge in [-0.15, -0.1) is 0 Å². The summed E-state index contributed by atoms with van der Waals surface area (Å²) in [6.07, 6.45) is -0.117. The summed E-state index contributed by atoms with van der Waals surface area (Å²) in [5, 5.41) is 18.0. The minimum Gasteiger partial charge on any atom is -0.489 e. The molecule has 1 heterocycles. The van der Waals surface area contributed by atoms with Crippen LogP contribution in [0.1, 0.15) is 17.5 Å². The molecule has 3 N–H and O–H groups in total. The van der Waals surface area contributed by atoms with Gasteiger partial charge < -0.3 is 14.6 Å². The molecule has 0 radical (unpaired) electrons. The van der Waals surface area contributed by atoms with Gasteiger partial charge >= 0.3 is 0 Å². The number of hydroxylamine groups is 1. The molecule has 3 rings (SSSR count). The van der Waals surface area contributed by atoms with E-state index >= 15 is 0 Å². The molecule has 2 unspecified atom stereocenters. The van der Waals surface area contributed by atoms with Gasteiger partial charge in [0.05, 0.1) is 11.5 Å². The van der Waals surface area contributed by atoms with Crippen molar-refractivity contribution in [1.29, 1.82) is 0 Å². The average Bonchev–Trinajstić information content (AvgIpc) is 2.73. The molecular formula is C20H22FNO7S. The summed E-state index contributed by atoms with van der Waals surface area (Å²) in [6, 6.07) is 9.88. The summed E-state index contributed by atoms with van der Waals surface area (Å²) in [5.74, 6) is -1.19. The van der Waals surface area contributed by atoms with Crippen molar-refractivity contribution in [3.05, 3.63) is 59.4 Å². The van der Waals surface area contributed by atoms with Gasteiger partial charge in [-0.2, -0.15) is 0 Å². The highest BCUT2D eigenvalue weighted by atomic mass is 32.2. The molecule has 2 aromatic carbocycles. The van der Waals surface area contributed by atoms with Crippen LogP contribution in [0.3, 0.4) is 0 Å². The SMILES string of the molecule is Cc1cc(F)ccc1COc1ccc(S(=O)(=O)C2CCOCC2(O)C(=O)NO)cc1. The summed E-state index contributed by atoms with van der Waals surface area (Å²) in [7, 11) is -4.12. The summed E-state index contributed by atoms with van der Waals surface area (Å²) >= 11 is 0. The van der Waals surface area contributed by atoms with E-state index in [1.165, 1.54) is 41.9 Å². The monoisotopic (exact) mass is 439 g/mol. The standard InChI is InChI=1S/C20H22FNO7S/c1-13-10-15(21)3-2-14(13)11-29-16-4-6-17(7-5-16)30(26,27)18-8-9-28-12-20(18,24)19(23)22-25/h2-7,10,18,24-25H,8-9,11-12H2,1H3,(H,22,23). The predicted octanol–water partition coefficient (Wildman–Crippen LogP) is 1.51. The number of sulfone groups is 1. The molecule has 30 heavy (non-hydrogen) atoms. The minimum absolute atomic E-state index is 0.0448. The van der Waals surface area contributed by atoms with Gasteiger partial charge in [0.1, 0.15) is 23.4 Å². The van der Waals surface area contributed by atoms with Crippen LogP contribution >= 0.6 is 0 Å². The molecule has 8 nitrogen and oxygen atoms in total. The van der Waals surface area contributed by atoms with E-state index < -0.39 is 33.2 Å². The number of ether oxygens (including phenoxy) is 2. The van der Waals surface area contributed by atoms with Crippen LogP contribution in [0.2, 0.25) is 0 Å². The lowest BCUT2D eigenvalue weighted by Gasteiger charge is -2.36. The van der Waals surface area contributed by atoms with Crippen molar-refractivity contribution in [3.8, 4) is 5.75 Å². The highest BCUT2D eigenvalue weighted by Gasteiger charge is 2.53. The van der Waals surface area contributed by atoms with Gasteiger partial charge in [-0.25, -0.2) is 18.3 Å². The van der Waals surface area contributed by atoms with Crippen LogP contribution in [0.4, 0.5) is 4.39 Å². The number of amides is 1. The van der Waals surface area contributed by atoms with Crippen LogP contribution in [-0.4, -0.2) is 48.7 Å². The molecule has 2 aromatic rings. The van der Waals surface area contributed by atoms with Crippen molar-refractivity contribution in [1.82, 2.24) is 5.48 Å². The van der Waals surface area contributed by atoms with E-state index in [9.17, 15) is 22.7 Å². The van der Waals surface area contributed by atoms with E-state index in [0.29, 0.717) is 5.75 Å². The van der Waals surface area contributed by atoms with E-state index in [2.05, 4.69) is 0 Å². The van der Waals surface area contributed by atoms with E-state index in [0.717, 1.165) is 11.1 Å². The third-order valence-corrected chi connectivity index (χ3v) is 7.40. The number of aliphatic hydroxyl groups is 1. The molecule has 1 aliphatic rings. The van der Waals surface area contributed by atoms with Crippen molar-refractivity contribution in [2.45, 2.75) is 35.7 Å². The fraction of sp³-hybridized carbons (Fsp3) is 0.350. The number of halogens is 1. The summed E-state index contributed by atoms with van der Waals surface area (Å²) in [5.41, 5.74) is 0.405. The van der Waals surface area contributed by atoms with Crippen molar-refractivity contribution in [2.24, 2.45) is 0 Å². The number of hydrogen-bond donors (Lipinski definition) is 3. The number of hydrogen-bond acceptors (Lipinski definition) is 7. The highest BCUT2D eigenvalue weighted by molar-refractivity contribution is 7.92. The van der Waals surface area contributed by atoms with Crippen molar-refractivity contribution >= 4 is 15.7 Å². The Balaban J connectivity index is 1.78. The second-order valence-electron chi connectivity index (χ2n) is 7.07. The van der Waals surface area contributed by atoms with Crippen LogP contribution < -0.4 is 10.2 Å². The molecule has 10 heteroatoms. The normalized spacial score (nSPS) is 21.8. The molecule has 2 atom stereocenters. The zero-order valence-electron chi connectivity index (χ0n) is 16.2. The van der Waals surface area contributed by atoms with Crippen molar-refractivity contribution < 1.29 is 37.4 Å². The quantitative estimate of drug-likeness (QED) is 0.461. The third kappa shape index (κ3) is 4.31. The first kappa shape index (κ1) is 22.2. The highest BCUT2D eigenvalue weighted by Crippen LogP contribution is 2.32. The largest absolute Gasteiger partial charge is 0.489 e. The second-order valence-corrected chi connectivity index (χ2v) is 9.20. The van der Waals surface area contributed by atoms with Gasteiger partial charge in [0.2, 0.25) is 0 Å². The predicted molar refractivity (Wildman–Crippen MR) is 103 cm³/mol. The maximum atomic E-state index is 13.2. The first-order valence-electron chi connectivity index (χ1n) is 9.15. The Kier molecular flexibility index (Phi) is 6.41. The van der Waals surface area contributed by atoms with E-state index in [1.54, 1.807) is 13.0 Å². The number of nitrogens with one attached hydrogen (secondary N) is 1. The fourth-order valence-electron chi connectivity index (χ4n) is 3.34. The smallest absolute Gasteiger partial charge is 0.279 e. The van der Waals surface area contributed by atoms with Crippen LogP contribution in [-0.2, 0) is 26.0 Å². The van der Waals surface area contributed by atoms with Gasteiger partial charge in [-0.3, -0.25) is 10.0 Å². The molecule has 162 valence electrons. The molecule has 0 aromatic heterocycles. The first-order chi connectivity index (χ1) is 14.2. The van der Waals surface area contributed by atoms with Crippen LogP contribution in [0.5, 0.6) is 5.75 Å². The maximum absolute atomic E-state index is 13.2. The lowest BCUT2D eigenvalue weighted by atomic mass is 9.95. The molecule has 0 aliphatic carbocycles. The van der Waals surface area contributed by atoms with Gasteiger partial charge in [-0.05, 0) is 60.9 Å². The molecule has 1 fully saturated rings. The number of carbonyl (C=O) groups is 1. The molecule has 0 bridgehead atoms. The third-order valence-electron chi connectivity index (χ3n) is 5.10. The molecule has 0 saturated carbocycles. The van der Waals surface area contributed by atoms with Gasteiger partial charge in [-0.1, -0.05) is 6.07 Å². The Hall–Kier alpha value is -2.53. The molecule has 1 aliphatic heterocycles. The van der Waals surface area contributed by atoms with Crippen LogP contribution in [0.25, 0.3) is 0 Å². The Morgan fingerprint density at radius 3 is 2.63 bits per heavy atom. The Labute approximate surface area is 173 Å². The minimum atomic E-state index is -4.12. The van der Waals surface area contributed by atoms with Gasteiger partial charge in [0.25, 0.3) is 5.91 Å². The lowest BCUT2D eigenvalue weighted by molar-refractivity contribution is -0.161. The van der Waals surface area contributed by atoms with Crippen LogP contribution in [0, 0.1) is 12.7 Å². The van der Waals surface area contributed by atoms with Crippen molar-refractivity contribution in [2.75, 3.05) is 13.2 Å². The summed E-state index contributed by atoms with van der Waals surface area (Å²) in [4.78, 5) is 11.8. The fourth-order valence-corrected chi connectivity index (χ4v) is 5.28. The number of benzene rings is 2. The van der Waals surface area contributed by atoms with Crippen LogP contribution in [0.15, 0.2) is 47.4 Å². The topological polar surface area (TPSA) is 122 Å². The van der Waals surface area contributed by atoms with Gasteiger partial charge in [0, 0.05) is 6.61 Å². The maximum Gasteiger partial charge on any atom is 0.279 e. The summed E-state index contributed by atoms with van der Waals surface area (Å²) < 4.78 is 49.9. The lowest BCUT2D eigenvalue weighted by Crippen LogP contribution is -2.62. The van der Waals surface area contributed by atoms with E-state index in [1.807, 2.05) is 0 Å². The molecule has 1 saturated heterocycles. The zero-order valence-corrected chi connectivity index (χ0v) is 17.0. The number of carbonyl (C=O) groups excluding carboxylic acids is 1. The number of rotatable bonds is 6. The molecule has 1 amide bonds. The van der Waals surface area contributed by atoms with Gasteiger partial charge in [0.15, 0.2) is 15.4 Å². The van der Waals surface area contributed by atoms with E-state index in [-0.39, 0.29) is 30.3 Å². The Morgan fingerprint density at radius 2 is 2.00 bits per heavy atom. The zero-order chi connectivity index (χ0) is 21.9. The first-order valence-corrected chi connectivity index (χ1v) is 10.7. The average molecular weight is 439 g/mol. The summed E-state index contributed by atoms with van der Waals surface area (Å²) in [6.45, 7) is 1.42. The van der Waals surface area contributed by atoms with Crippen molar-refractivity contribution in [3.63, 3.8) is 0 Å². The Bertz CT molecular complexity index is 1030. The molecular weight excluding hydrogens is 417 g/mol. The molecule has 0 spiro atoms. The second kappa shape index (κ2) is 8.68. The van der Waals surface area contributed by atoms with E-state index in [4.69, 9.17) is 14.7 Å². The Morgan fingerprint density at radius 1 is 1.30 bits per heavy atom. The number of aryl methyl sites for hydroxylation is 1.